The van der Waals surface area contributed by atoms with Crippen LogP contribution in [0.4, 0.5) is 0 Å². The molecule has 0 radical (unpaired) electrons. The Labute approximate surface area is 106 Å². The molecule has 0 bridgehead atoms. The van der Waals surface area contributed by atoms with Crippen molar-refractivity contribution in [2.45, 2.75) is 32.9 Å². The van der Waals surface area contributed by atoms with Crippen LogP contribution < -0.4 is 5.32 Å². The lowest BCUT2D eigenvalue weighted by Crippen LogP contribution is -2.27. The number of aryl methyl sites for hydroxylation is 1. The van der Waals surface area contributed by atoms with Crippen molar-refractivity contribution in [3.63, 3.8) is 0 Å². The van der Waals surface area contributed by atoms with Gasteiger partial charge in [-0.15, -0.1) is 11.3 Å². The molecule has 2 heterocycles. The summed E-state index contributed by atoms with van der Waals surface area (Å²) in [6.45, 7) is 5.13. The Kier molecular flexibility index (Phi) is 4.23. The first-order valence-electron chi connectivity index (χ1n) is 5.78. The summed E-state index contributed by atoms with van der Waals surface area (Å²) in [5.74, 6) is 0. The number of aromatic nitrogens is 2. The molecule has 0 saturated carbocycles. The molecular weight excluding hydrogens is 230 g/mol. The number of rotatable bonds is 5. The van der Waals surface area contributed by atoms with Crippen molar-refractivity contribution in [2.24, 2.45) is 0 Å². The molecule has 4 heteroatoms. The van der Waals surface area contributed by atoms with Gasteiger partial charge in [-0.1, -0.05) is 6.07 Å². The normalized spacial score (nSPS) is 12.6. The summed E-state index contributed by atoms with van der Waals surface area (Å²) in [5, 5.41) is 3.50. The number of hydrogen-bond acceptors (Lipinski definition) is 4. The van der Waals surface area contributed by atoms with Gasteiger partial charge in [0.1, 0.15) is 0 Å². The molecule has 2 aromatic rings. The molecule has 0 aromatic carbocycles. The fraction of sp³-hybridized carbons (Fsp3) is 0.385. The van der Waals surface area contributed by atoms with Crippen LogP contribution in [-0.2, 0) is 13.0 Å². The Morgan fingerprint density at radius 2 is 2.24 bits per heavy atom. The molecule has 0 amide bonds. The average molecular weight is 247 g/mol. The van der Waals surface area contributed by atoms with Crippen LogP contribution >= 0.6 is 11.3 Å². The fourth-order valence-corrected chi connectivity index (χ4v) is 2.40. The number of thiazole rings is 1. The molecule has 0 saturated heterocycles. The highest BCUT2D eigenvalue weighted by Gasteiger charge is 2.06. The Bertz CT molecular complexity index is 453. The summed E-state index contributed by atoms with van der Waals surface area (Å²) in [6.07, 6.45) is 2.80. The molecule has 0 spiro atoms. The van der Waals surface area contributed by atoms with Crippen LogP contribution in [0.3, 0.4) is 0 Å². The third-order valence-corrected chi connectivity index (χ3v) is 3.63. The standard InChI is InChI=1S/C13H17N3S/c1-10(7-12-5-3-4-6-14-12)15-8-13-11(2)16-9-17-13/h3-6,9-10,15H,7-8H2,1-2H3. The SMILES string of the molecule is Cc1ncsc1CNC(C)Cc1ccccn1. The molecule has 0 aliphatic heterocycles. The molecule has 1 unspecified atom stereocenters. The van der Waals surface area contributed by atoms with E-state index in [4.69, 9.17) is 0 Å². The maximum atomic E-state index is 4.33. The summed E-state index contributed by atoms with van der Waals surface area (Å²) < 4.78 is 0. The summed E-state index contributed by atoms with van der Waals surface area (Å²) in [7, 11) is 0. The van der Waals surface area contributed by atoms with Gasteiger partial charge < -0.3 is 5.32 Å². The van der Waals surface area contributed by atoms with Crippen molar-refractivity contribution in [2.75, 3.05) is 0 Å². The lowest BCUT2D eigenvalue weighted by Gasteiger charge is -2.12. The van der Waals surface area contributed by atoms with Crippen molar-refractivity contribution in [3.05, 3.63) is 46.2 Å². The van der Waals surface area contributed by atoms with Crippen LogP contribution in [-0.4, -0.2) is 16.0 Å². The molecular formula is C13H17N3S. The van der Waals surface area contributed by atoms with Crippen LogP contribution in [0.1, 0.15) is 23.2 Å². The van der Waals surface area contributed by atoms with Crippen LogP contribution in [0.2, 0.25) is 0 Å². The lowest BCUT2D eigenvalue weighted by molar-refractivity contribution is 0.542. The van der Waals surface area contributed by atoms with Crippen molar-refractivity contribution < 1.29 is 0 Å². The molecule has 90 valence electrons. The van der Waals surface area contributed by atoms with Gasteiger partial charge in [-0.25, -0.2) is 4.98 Å². The van der Waals surface area contributed by atoms with Crippen LogP contribution in [0.15, 0.2) is 29.9 Å². The van der Waals surface area contributed by atoms with Crippen LogP contribution in [0.25, 0.3) is 0 Å². The Morgan fingerprint density at radius 3 is 2.88 bits per heavy atom. The number of pyridine rings is 1. The predicted molar refractivity (Wildman–Crippen MR) is 71.1 cm³/mol. The summed E-state index contributed by atoms with van der Waals surface area (Å²) >= 11 is 1.71. The van der Waals surface area contributed by atoms with Gasteiger partial charge in [0, 0.05) is 35.8 Å². The van der Waals surface area contributed by atoms with E-state index in [-0.39, 0.29) is 0 Å². The zero-order valence-electron chi connectivity index (χ0n) is 10.2. The largest absolute Gasteiger partial charge is 0.309 e. The smallest absolute Gasteiger partial charge is 0.0798 e. The van der Waals surface area contributed by atoms with Crippen LogP contribution in [0, 0.1) is 6.92 Å². The first-order chi connectivity index (χ1) is 8.25. The molecule has 17 heavy (non-hydrogen) atoms. The maximum absolute atomic E-state index is 4.33. The van der Waals surface area contributed by atoms with Gasteiger partial charge in [0.05, 0.1) is 11.2 Å². The van der Waals surface area contributed by atoms with Gasteiger partial charge in [0.15, 0.2) is 0 Å². The van der Waals surface area contributed by atoms with Crippen molar-refractivity contribution in [3.8, 4) is 0 Å². The van der Waals surface area contributed by atoms with Gasteiger partial charge >= 0.3 is 0 Å². The molecule has 0 aliphatic rings. The molecule has 1 N–H and O–H groups in total. The molecule has 2 rings (SSSR count). The van der Waals surface area contributed by atoms with E-state index in [1.807, 2.05) is 23.8 Å². The van der Waals surface area contributed by atoms with Gasteiger partial charge in [-0.3, -0.25) is 4.98 Å². The summed E-state index contributed by atoms with van der Waals surface area (Å²) in [5.41, 5.74) is 4.16. The van der Waals surface area contributed by atoms with E-state index in [0.29, 0.717) is 6.04 Å². The molecule has 3 nitrogen and oxygen atoms in total. The van der Waals surface area contributed by atoms with E-state index < -0.39 is 0 Å². The molecule has 0 fully saturated rings. The first-order valence-corrected chi connectivity index (χ1v) is 6.66. The lowest BCUT2D eigenvalue weighted by atomic mass is 10.1. The highest BCUT2D eigenvalue weighted by atomic mass is 32.1. The van der Waals surface area contributed by atoms with E-state index >= 15 is 0 Å². The van der Waals surface area contributed by atoms with Crippen molar-refractivity contribution in [1.29, 1.82) is 0 Å². The summed E-state index contributed by atoms with van der Waals surface area (Å²) in [6, 6.07) is 6.47. The van der Waals surface area contributed by atoms with E-state index in [0.717, 1.165) is 24.4 Å². The minimum Gasteiger partial charge on any atom is -0.309 e. The highest BCUT2D eigenvalue weighted by molar-refractivity contribution is 7.09. The van der Waals surface area contributed by atoms with Gasteiger partial charge in [0.25, 0.3) is 0 Å². The Hall–Kier alpha value is -1.26. The number of nitrogens with one attached hydrogen (secondary N) is 1. The minimum atomic E-state index is 0.423. The third kappa shape index (κ3) is 3.61. The second-order valence-electron chi connectivity index (χ2n) is 4.17. The first kappa shape index (κ1) is 12.2. The van der Waals surface area contributed by atoms with E-state index in [9.17, 15) is 0 Å². The molecule has 1 atom stereocenters. The third-order valence-electron chi connectivity index (χ3n) is 2.70. The zero-order valence-corrected chi connectivity index (χ0v) is 11.0. The van der Waals surface area contributed by atoms with E-state index in [1.54, 1.807) is 11.3 Å². The Morgan fingerprint density at radius 1 is 1.35 bits per heavy atom. The zero-order chi connectivity index (χ0) is 12.1. The number of nitrogens with zero attached hydrogens (tertiary/aromatic N) is 2. The van der Waals surface area contributed by atoms with Crippen molar-refractivity contribution in [1.82, 2.24) is 15.3 Å². The average Bonchev–Trinajstić information content (AvgIpc) is 2.74. The van der Waals surface area contributed by atoms with Gasteiger partial charge in [0.2, 0.25) is 0 Å². The van der Waals surface area contributed by atoms with Gasteiger partial charge in [-0.05, 0) is 26.0 Å². The fourth-order valence-electron chi connectivity index (χ4n) is 1.67. The van der Waals surface area contributed by atoms with Crippen molar-refractivity contribution >= 4 is 11.3 Å². The highest BCUT2D eigenvalue weighted by Crippen LogP contribution is 2.11. The molecule has 0 aliphatic carbocycles. The predicted octanol–water partition coefficient (Wildman–Crippen LogP) is 2.57. The minimum absolute atomic E-state index is 0.423. The number of hydrogen-bond donors (Lipinski definition) is 1. The molecule has 2 aromatic heterocycles. The second-order valence-corrected chi connectivity index (χ2v) is 5.11. The Balaban J connectivity index is 1.82. The summed E-state index contributed by atoms with van der Waals surface area (Å²) in [4.78, 5) is 9.89. The van der Waals surface area contributed by atoms with Crippen LogP contribution in [0.5, 0.6) is 0 Å². The van der Waals surface area contributed by atoms with Gasteiger partial charge in [-0.2, -0.15) is 0 Å². The quantitative estimate of drug-likeness (QED) is 0.882. The maximum Gasteiger partial charge on any atom is 0.0798 e. The van der Waals surface area contributed by atoms with E-state index in [2.05, 4.69) is 35.2 Å². The monoisotopic (exact) mass is 247 g/mol. The second kappa shape index (κ2) is 5.89. The van der Waals surface area contributed by atoms with E-state index in [1.165, 1.54) is 4.88 Å². The topological polar surface area (TPSA) is 37.8 Å².